The van der Waals surface area contributed by atoms with Gasteiger partial charge in [0.1, 0.15) is 0 Å². The minimum absolute atomic E-state index is 0.0740. The van der Waals surface area contributed by atoms with E-state index in [1.54, 1.807) is 21.3 Å². The largest absolute Gasteiger partial charge is 0.381 e. The average molecular weight is 260 g/mol. The SMILES string of the molecule is COC1CCN(C(C)(CN)CC(OC)OC)CC1. The van der Waals surface area contributed by atoms with Crippen molar-refractivity contribution in [1.82, 2.24) is 4.90 Å². The number of nitrogens with two attached hydrogens (primary N) is 1. The lowest BCUT2D eigenvalue weighted by molar-refractivity contribution is -0.132. The van der Waals surface area contributed by atoms with Gasteiger partial charge in [0.05, 0.1) is 6.10 Å². The molecule has 0 saturated carbocycles. The van der Waals surface area contributed by atoms with Crippen LogP contribution in [0.25, 0.3) is 0 Å². The van der Waals surface area contributed by atoms with E-state index in [1.807, 2.05) is 0 Å². The highest BCUT2D eigenvalue weighted by atomic mass is 16.7. The Morgan fingerprint density at radius 1 is 1.22 bits per heavy atom. The summed E-state index contributed by atoms with van der Waals surface area (Å²) in [5.41, 5.74) is 5.90. The Labute approximate surface area is 111 Å². The first-order valence-corrected chi connectivity index (χ1v) is 6.63. The van der Waals surface area contributed by atoms with Gasteiger partial charge in [-0.15, -0.1) is 0 Å². The van der Waals surface area contributed by atoms with Crippen LogP contribution in [0.2, 0.25) is 0 Å². The van der Waals surface area contributed by atoms with Crippen molar-refractivity contribution in [3.63, 3.8) is 0 Å². The fourth-order valence-electron chi connectivity index (χ4n) is 2.59. The summed E-state index contributed by atoms with van der Waals surface area (Å²) in [7, 11) is 5.12. The maximum atomic E-state index is 5.98. The zero-order valence-corrected chi connectivity index (χ0v) is 12.1. The molecular weight excluding hydrogens is 232 g/mol. The van der Waals surface area contributed by atoms with Gasteiger partial charge in [0.15, 0.2) is 6.29 Å². The highest BCUT2D eigenvalue weighted by Crippen LogP contribution is 2.26. The fourth-order valence-corrected chi connectivity index (χ4v) is 2.59. The van der Waals surface area contributed by atoms with Crippen LogP contribution in [-0.2, 0) is 14.2 Å². The molecule has 1 rings (SSSR count). The molecule has 1 aliphatic heterocycles. The van der Waals surface area contributed by atoms with Crippen molar-refractivity contribution in [1.29, 1.82) is 0 Å². The third-order valence-electron chi connectivity index (χ3n) is 4.11. The van der Waals surface area contributed by atoms with Gasteiger partial charge in [0.25, 0.3) is 0 Å². The van der Waals surface area contributed by atoms with Crippen LogP contribution in [0.4, 0.5) is 0 Å². The molecule has 2 N–H and O–H groups in total. The Bertz CT molecular complexity index is 228. The average Bonchev–Trinajstić information content (AvgIpc) is 2.44. The van der Waals surface area contributed by atoms with E-state index >= 15 is 0 Å². The first-order valence-electron chi connectivity index (χ1n) is 6.63. The van der Waals surface area contributed by atoms with Gasteiger partial charge >= 0.3 is 0 Å². The van der Waals surface area contributed by atoms with Crippen molar-refractivity contribution in [2.75, 3.05) is 41.0 Å². The first kappa shape index (κ1) is 15.9. The Hall–Kier alpha value is -0.200. The molecule has 1 fully saturated rings. The zero-order valence-electron chi connectivity index (χ0n) is 12.1. The second kappa shape index (κ2) is 7.40. The molecule has 0 aromatic heterocycles. The van der Waals surface area contributed by atoms with Crippen molar-refractivity contribution in [2.45, 2.75) is 44.1 Å². The molecule has 1 aliphatic rings. The van der Waals surface area contributed by atoms with Crippen molar-refractivity contribution in [3.8, 4) is 0 Å². The molecular formula is C13H28N2O3. The van der Waals surface area contributed by atoms with Crippen molar-refractivity contribution in [2.24, 2.45) is 5.73 Å². The van der Waals surface area contributed by atoms with E-state index in [-0.39, 0.29) is 11.8 Å². The van der Waals surface area contributed by atoms with Crippen LogP contribution < -0.4 is 5.73 Å². The Balaban J connectivity index is 2.58. The minimum atomic E-state index is -0.196. The molecule has 1 heterocycles. The van der Waals surface area contributed by atoms with Crippen LogP contribution >= 0.6 is 0 Å². The normalized spacial score (nSPS) is 22.3. The lowest BCUT2D eigenvalue weighted by atomic mass is 9.91. The van der Waals surface area contributed by atoms with E-state index in [2.05, 4.69) is 11.8 Å². The summed E-state index contributed by atoms with van der Waals surface area (Å²) in [6, 6.07) is 0. The van der Waals surface area contributed by atoms with Gasteiger partial charge in [-0.2, -0.15) is 0 Å². The van der Waals surface area contributed by atoms with E-state index in [0.29, 0.717) is 12.6 Å². The maximum absolute atomic E-state index is 5.98. The molecule has 5 nitrogen and oxygen atoms in total. The van der Waals surface area contributed by atoms with Crippen LogP contribution in [0.3, 0.4) is 0 Å². The molecule has 0 bridgehead atoms. The van der Waals surface area contributed by atoms with Gasteiger partial charge in [-0.25, -0.2) is 0 Å². The number of ether oxygens (including phenoxy) is 3. The molecule has 5 heteroatoms. The molecule has 0 aromatic carbocycles. The lowest BCUT2D eigenvalue weighted by Gasteiger charge is -2.45. The summed E-state index contributed by atoms with van der Waals surface area (Å²) < 4.78 is 16.0. The fraction of sp³-hybridized carbons (Fsp3) is 1.00. The lowest BCUT2D eigenvalue weighted by Crippen LogP contribution is -2.56. The molecule has 0 aliphatic carbocycles. The summed E-state index contributed by atoms with van der Waals surface area (Å²) in [5.74, 6) is 0. The minimum Gasteiger partial charge on any atom is -0.381 e. The molecule has 0 radical (unpaired) electrons. The number of hydrogen-bond donors (Lipinski definition) is 1. The quantitative estimate of drug-likeness (QED) is 0.687. The van der Waals surface area contributed by atoms with Gasteiger partial charge in [0.2, 0.25) is 0 Å². The molecule has 1 unspecified atom stereocenters. The molecule has 108 valence electrons. The molecule has 0 spiro atoms. The second-order valence-electron chi connectivity index (χ2n) is 5.23. The van der Waals surface area contributed by atoms with Gasteiger partial charge in [0, 0.05) is 52.9 Å². The van der Waals surface area contributed by atoms with E-state index in [1.165, 1.54) is 0 Å². The number of rotatable bonds is 7. The van der Waals surface area contributed by atoms with Gasteiger partial charge in [-0.05, 0) is 19.8 Å². The van der Waals surface area contributed by atoms with E-state index in [9.17, 15) is 0 Å². The third-order valence-corrected chi connectivity index (χ3v) is 4.11. The summed E-state index contributed by atoms with van der Waals surface area (Å²) in [4.78, 5) is 2.44. The zero-order chi connectivity index (χ0) is 13.6. The molecule has 0 aromatic rings. The molecule has 1 atom stereocenters. The Morgan fingerprint density at radius 3 is 2.17 bits per heavy atom. The third kappa shape index (κ3) is 3.90. The summed E-state index contributed by atoms with van der Waals surface area (Å²) >= 11 is 0. The van der Waals surface area contributed by atoms with Gasteiger partial charge in [-0.1, -0.05) is 0 Å². The topological polar surface area (TPSA) is 57.0 Å². The Kier molecular flexibility index (Phi) is 6.52. The molecule has 18 heavy (non-hydrogen) atoms. The summed E-state index contributed by atoms with van der Waals surface area (Å²) in [6.45, 7) is 4.83. The summed E-state index contributed by atoms with van der Waals surface area (Å²) in [5, 5.41) is 0. The van der Waals surface area contributed by atoms with Crippen LogP contribution in [0.15, 0.2) is 0 Å². The monoisotopic (exact) mass is 260 g/mol. The van der Waals surface area contributed by atoms with Crippen LogP contribution in [-0.4, -0.2) is 63.8 Å². The van der Waals surface area contributed by atoms with Crippen molar-refractivity contribution in [3.05, 3.63) is 0 Å². The smallest absolute Gasteiger partial charge is 0.158 e. The van der Waals surface area contributed by atoms with Crippen LogP contribution in [0, 0.1) is 0 Å². The first-order chi connectivity index (χ1) is 8.59. The number of methoxy groups -OCH3 is 3. The second-order valence-corrected chi connectivity index (χ2v) is 5.23. The number of nitrogens with zero attached hydrogens (tertiary/aromatic N) is 1. The van der Waals surface area contributed by atoms with Gasteiger partial charge in [-0.3, -0.25) is 4.90 Å². The van der Waals surface area contributed by atoms with Crippen molar-refractivity contribution < 1.29 is 14.2 Å². The Morgan fingerprint density at radius 2 is 1.78 bits per heavy atom. The van der Waals surface area contributed by atoms with Crippen LogP contribution in [0.5, 0.6) is 0 Å². The molecule has 1 saturated heterocycles. The standard InChI is InChI=1S/C13H28N2O3/c1-13(10-14,9-12(17-3)18-4)15-7-5-11(16-2)6-8-15/h11-12H,5-10,14H2,1-4H3. The summed E-state index contributed by atoms with van der Waals surface area (Å²) in [6.07, 6.45) is 3.12. The maximum Gasteiger partial charge on any atom is 0.158 e. The van der Waals surface area contributed by atoms with Crippen molar-refractivity contribution >= 4 is 0 Å². The van der Waals surface area contributed by atoms with Gasteiger partial charge < -0.3 is 19.9 Å². The van der Waals surface area contributed by atoms with Crippen LogP contribution in [0.1, 0.15) is 26.2 Å². The van der Waals surface area contributed by atoms with E-state index in [0.717, 1.165) is 32.4 Å². The number of likely N-dealkylation sites (tertiary alicyclic amines) is 1. The highest BCUT2D eigenvalue weighted by Gasteiger charge is 2.35. The molecule has 0 amide bonds. The number of piperidine rings is 1. The van der Waals surface area contributed by atoms with E-state index in [4.69, 9.17) is 19.9 Å². The van der Waals surface area contributed by atoms with E-state index < -0.39 is 0 Å². The predicted octanol–water partition coefficient (Wildman–Crippen LogP) is 0.824. The number of hydrogen-bond acceptors (Lipinski definition) is 5. The highest BCUT2D eigenvalue weighted by molar-refractivity contribution is 4.91. The predicted molar refractivity (Wildman–Crippen MR) is 71.5 cm³/mol.